The molecule has 2 aliphatic heterocycles. The molecule has 0 aromatic heterocycles. The minimum absolute atomic E-state index is 0.154. The molecule has 0 bridgehead atoms. The SMILES string of the molecule is O=C(CN1C(=O)COc2ccc(C(=O)COc3ccc(F)cc3)cc21)NCCN1CCCC1. The van der Waals surface area contributed by atoms with Crippen LogP contribution in [0.4, 0.5) is 10.1 Å². The molecule has 0 aliphatic carbocycles. The number of Topliss-reactive ketones (excluding diaryl/α,β-unsaturated/α-hetero) is 1. The predicted molar refractivity (Wildman–Crippen MR) is 119 cm³/mol. The highest BCUT2D eigenvalue weighted by molar-refractivity contribution is 6.04. The van der Waals surface area contributed by atoms with Crippen LogP contribution in [0.25, 0.3) is 0 Å². The number of halogens is 1. The number of benzene rings is 2. The first-order chi connectivity index (χ1) is 16.0. The number of rotatable bonds is 9. The quantitative estimate of drug-likeness (QED) is 0.582. The van der Waals surface area contributed by atoms with E-state index in [1.165, 1.54) is 48.1 Å². The summed E-state index contributed by atoms with van der Waals surface area (Å²) in [5, 5.41) is 2.86. The summed E-state index contributed by atoms with van der Waals surface area (Å²) in [4.78, 5) is 41.2. The fourth-order valence-corrected chi connectivity index (χ4v) is 3.87. The van der Waals surface area contributed by atoms with Crippen LogP contribution >= 0.6 is 0 Å². The molecule has 4 rings (SSSR count). The average molecular weight is 455 g/mol. The Hall–Kier alpha value is -3.46. The molecule has 2 aromatic carbocycles. The van der Waals surface area contributed by atoms with Crippen molar-refractivity contribution in [3.63, 3.8) is 0 Å². The van der Waals surface area contributed by atoms with Crippen LogP contribution in [0.1, 0.15) is 23.2 Å². The molecule has 2 aromatic rings. The number of ether oxygens (including phenoxy) is 2. The number of nitrogens with zero attached hydrogens (tertiary/aromatic N) is 2. The third-order valence-electron chi connectivity index (χ3n) is 5.66. The van der Waals surface area contributed by atoms with Crippen molar-refractivity contribution in [3.05, 3.63) is 53.8 Å². The molecular weight excluding hydrogens is 429 g/mol. The predicted octanol–water partition coefficient (Wildman–Crippen LogP) is 2.02. The zero-order chi connectivity index (χ0) is 23.2. The first-order valence-corrected chi connectivity index (χ1v) is 11.0. The fraction of sp³-hybridized carbons (Fsp3) is 0.375. The Balaban J connectivity index is 1.38. The Morgan fingerprint density at radius 2 is 1.85 bits per heavy atom. The van der Waals surface area contributed by atoms with E-state index in [-0.39, 0.29) is 37.4 Å². The summed E-state index contributed by atoms with van der Waals surface area (Å²) < 4.78 is 23.9. The molecule has 2 heterocycles. The lowest BCUT2D eigenvalue weighted by molar-refractivity contribution is -0.125. The minimum Gasteiger partial charge on any atom is -0.485 e. The molecule has 1 N–H and O–H groups in total. The van der Waals surface area contributed by atoms with Crippen LogP contribution in [-0.4, -0.2) is 68.4 Å². The maximum absolute atomic E-state index is 13.0. The van der Waals surface area contributed by atoms with Crippen molar-refractivity contribution in [3.8, 4) is 11.5 Å². The molecular formula is C24H26FN3O5. The highest BCUT2D eigenvalue weighted by Crippen LogP contribution is 2.33. The molecule has 1 saturated heterocycles. The van der Waals surface area contributed by atoms with E-state index in [4.69, 9.17) is 9.47 Å². The summed E-state index contributed by atoms with van der Waals surface area (Å²) in [6, 6.07) is 10.1. The van der Waals surface area contributed by atoms with E-state index in [9.17, 15) is 18.8 Å². The number of fused-ring (bicyclic) bond motifs is 1. The van der Waals surface area contributed by atoms with Gasteiger partial charge in [0, 0.05) is 18.7 Å². The van der Waals surface area contributed by atoms with E-state index in [2.05, 4.69) is 10.2 Å². The number of anilines is 1. The van der Waals surface area contributed by atoms with Gasteiger partial charge in [-0.25, -0.2) is 4.39 Å². The third-order valence-corrected chi connectivity index (χ3v) is 5.66. The number of likely N-dealkylation sites (tertiary alicyclic amines) is 1. The summed E-state index contributed by atoms with van der Waals surface area (Å²) in [6.07, 6.45) is 2.37. The summed E-state index contributed by atoms with van der Waals surface area (Å²) in [5.41, 5.74) is 0.683. The standard InChI is InChI=1S/C24H26FN3O5/c25-18-4-6-19(7-5-18)32-15-21(29)17-3-8-22-20(13-17)28(24(31)16-33-22)14-23(30)26-9-12-27-10-1-2-11-27/h3-8,13H,1-2,9-12,14-16H2,(H,26,30). The molecule has 0 atom stereocenters. The zero-order valence-electron chi connectivity index (χ0n) is 18.2. The van der Waals surface area contributed by atoms with Gasteiger partial charge >= 0.3 is 0 Å². The van der Waals surface area contributed by atoms with Gasteiger partial charge < -0.3 is 19.7 Å². The van der Waals surface area contributed by atoms with Gasteiger partial charge in [0.15, 0.2) is 19.0 Å². The van der Waals surface area contributed by atoms with Crippen molar-refractivity contribution in [2.24, 2.45) is 0 Å². The van der Waals surface area contributed by atoms with E-state index in [1.54, 1.807) is 12.1 Å². The van der Waals surface area contributed by atoms with Gasteiger partial charge in [-0.3, -0.25) is 19.3 Å². The number of carbonyl (C=O) groups excluding carboxylic acids is 3. The Labute approximate surface area is 191 Å². The van der Waals surface area contributed by atoms with Gasteiger partial charge in [-0.05, 0) is 68.4 Å². The van der Waals surface area contributed by atoms with Gasteiger partial charge in [-0.1, -0.05) is 0 Å². The second kappa shape index (κ2) is 10.4. The monoisotopic (exact) mass is 455 g/mol. The van der Waals surface area contributed by atoms with Crippen LogP contribution in [0.15, 0.2) is 42.5 Å². The molecule has 2 amide bonds. The Bertz CT molecular complexity index is 1020. The number of hydrogen-bond donors (Lipinski definition) is 1. The zero-order valence-corrected chi connectivity index (χ0v) is 18.2. The van der Waals surface area contributed by atoms with Crippen LogP contribution in [0, 0.1) is 5.82 Å². The van der Waals surface area contributed by atoms with E-state index < -0.39 is 5.82 Å². The molecule has 0 unspecified atom stereocenters. The second-order valence-corrected chi connectivity index (χ2v) is 8.02. The van der Waals surface area contributed by atoms with Crippen molar-refractivity contribution >= 4 is 23.3 Å². The number of carbonyl (C=O) groups is 3. The maximum Gasteiger partial charge on any atom is 0.265 e. The number of nitrogens with one attached hydrogen (secondary N) is 1. The van der Waals surface area contributed by atoms with Crippen LogP contribution in [0.2, 0.25) is 0 Å². The van der Waals surface area contributed by atoms with E-state index >= 15 is 0 Å². The third kappa shape index (κ3) is 5.87. The van der Waals surface area contributed by atoms with Crippen LogP contribution in [0.3, 0.4) is 0 Å². The van der Waals surface area contributed by atoms with E-state index in [0.29, 0.717) is 29.3 Å². The molecule has 9 heteroatoms. The first-order valence-electron chi connectivity index (χ1n) is 11.0. The van der Waals surface area contributed by atoms with Crippen molar-refractivity contribution in [1.82, 2.24) is 10.2 Å². The van der Waals surface area contributed by atoms with Crippen LogP contribution < -0.4 is 19.7 Å². The fourth-order valence-electron chi connectivity index (χ4n) is 3.87. The minimum atomic E-state index is -0.395. The van der Waals surface area contributed by atoms with Crippen LogP contribution in [-0.2, 0) is 9.59 Å². The highest BCUT2D eigenvalue weighted by atomic mass is 19.1. The summed E-state index contributed by atoms with van der Waals surface area (Å²) in [7, 11) is 0. The van der Waals surface area contributed by atoms with Crippen molar-refractivity contribution in [2.75, 3.05) is 50.8 Å². The number of hydrogen-bond acceptors (Lipinski definition) is 6. The molecule has 1 fully saturated rings. The molecule has 0 radical (unpaired) electrons. The van der Waals surface area contributed by atoms with Gasteiger partial charge in [0.2, 0.25) is 5.91 Å². The summed E-state index contributed by atoms with van der Waals surface area (Å²) in [6.45, 7) is 2.82. The maximum atomic E-state index is 13.0. The second-order valence-electron chi connectivity index (χ2n) is 8.02. The van der Waals surface area contributed by atoms with Crippen molar-refractivity contribution < 1.29 is 28.2 Å². The Kier molecular flexibility index (Phi) is 7.19. The average Bonchev–Trinajstić information content (AvgIpc) is 3.33. The topological polar surface area (TPSA) is 88.2 Å². The van der Waals surface area contributed by atoms with Gasteiger partial charge in [-0.2, -0.15) is 0 Å². The smallest absolute Gasteiger partial charge is 0.265 e. The molecule has 0 spiro atoms. The summed E-state index contributed by atoms with van der Waals surface area (Å²) >= 11 is 0. The van der Waals surface area contributed by atoms with Gasteiger partial charge in [0.25, 0.3) is 5.91 Å². The number of ketones is 1. The van der Waals surface area contributed by atoms with Gasteiger partial charge in [-0.15, -0.1) is 0 Å². The van der Waals surface area contributed by atoms with Crippen LogP contribution in [0.5, 0.6) is 11.5 Å². The molecule has 2 aliphatic rings. The normalized spacial score (nSPS) is 15.7. The molecule has 33 heavy (non-hydrogen) atoms. The first kappa shape index (κ1) is 22.7. The lowest BCUT2D eigenvalue weighted by atomic mass is 10.1. The summed E-state index contributed by atoms with van der Waals surface area (Å²) in [5.74, 6) is -0.552. The van der Waals surface area contributed by atoms with E-state index in [1.807, 2.05) is 0 Å². The lowest BCUT2D eigenvalue weighted by Crippen LogP contribution is -2.46. The molecule has 174 valence electrons. The lowest BCUT2D eigenvalue weighted by Gasteiger charge is -2.29. The number of amides is 2. The Morgan fingerprint density at radius 3 is 2.61 bits per heavy atom. The highest BCUT2D eigenvalue weighted by Gasteiger charge is 2.28. The van der Waals surface area contributed by atoms with Gasteiger partial charge in [0.05, 0.1) is 5.69 Å². The molecule has 0 saturated carbocycles. The van der Waals surface area contributed by atoms with E-state index in [0.717, 1.165) is 19.6 Å². The largest absolute Gasteiger partial charge is 0.485 e. The molecule has 8 nitrogen and oxygen atoms in total. The van der Waals surface area contributed by atoms with Crippen molar-refractivity contribution in [2.45, 2.75) is 12.8 Å². The van der Waals surface area contributed by atoms with Crippen molar-refractivity contribution in [1.29, 1.82) is 0 Å². The van der Waals surface area contributed by atoms with Gasteiger partial charge in [0.1, 0.15) is 23.9 Å². The Morgan fingerprint density at radius 1 is 1.09 bits per heavy atom.